The van der Waals surface area contributed by atoms with E-state index in [1.165, 1.54) is 30.0 Å². The van der Waals surface area contributed by atoms with Crippen LogP contribution in [0.5, 0.6) is 0 Å². The van der Waals surface area contributed by atoms with Crippen LogP contribution in [0.4, 0.5) is 15.8 Å². The van der Waals surface area contributed by atoms with Crippen LogP contribution < -0.4 is 0 Å². The summed E-state index contributed by atoms with van der Waals surface area (Å²) in [6, 6.07) is 26.3. The van der Waals surface area contributed by atoms with E-state index in [-0.39, 0.29) is 16.8 Å². The average molecular weight is 649 g/mol. The van der Waals surface area contributed by atoms with Gasteiger partial charge in [-0.1, -0.05) is 78.0 Å². The molecule has 7 nitrogen and oxygen atoms in total. The van der Waals surface area contributed by atoms with Crippen molar-refractivity contribution in [3.63, 3.8) is 0 Å². The third-order valence-corrected chi connectivity index (χ3v) is 9.91. The monoisotopic (exact) mass is 648 g/mol. The van der Waals surface area contributed by atoms with Crippen molar-refractivity contribution in [3.05, 3.63) is 145 Å². The molecular formula is C36H26ClFN4O3S. The third kappa shape index (κ3) is 5.46. The van der Waals surface area contributed by atoms with E-state index < -0.39 is 10.7 Å². The number of rotatable bonds is 5. The smallest absolute Gasteiger partial charge is 0.269 e. The molecule has 1 aliphatic carbocycles. The Morgan fingerprint density at radius 2 is 1.80 bits per heavy atom. The Labute approximate surface area is 273 Å². The molecule has 7 rings (SSSR count). The number of nitrogens with zero attached hydrogens (tertiary/aromatic N) is 4. The number of hydrogen-bond donors (Lipinski definition) is 0. The van der Waals surface area contributed by atoms with Crippen molar-refractivity contribution in [3.8, 4) is 0 Å². The Bertz CT molecular complexity index is 2100. The van der Waals surface area contributed by atoms with E-state index in [0.717, 1.165) is 33.3 Å². The van der Waals surface area contributed by atoms with Crippen LogP contribution >= 0.6 is 23.4 Å². The molecule has 1 unspecified atom stereocenters. The van der Waals surface area contributed by atoms with Gasteiger partial charge in [0.25, 0.3) is 11.6 Å². The van der Waals surface area contributed by atoms with Gasteiger partial charge in [0.05, 0.1) is 37.7 Å². The first-order valence-corrected chi connectivity index (χ1v) is 16.0. The largest absolute Gasteiger partial charge is 0.286 e. The van der Waals surface area contributed by atoms with Gasteiger partial charge in [0.15, 0.2) is 5.17 Å². The molecule has 0 radical (unpaired) electrons. The van der Waals surface area contributed by atoms with Crippen molar-refractivity contribution in [2.75, 3.05) is 6.54 Å². The molecule has 1 amide bonds. The lowest BCUT2D eigenvalue weighted by molar-refractivity contribution is -0.384. The van der Waals surface area contributed by atoms with Crippen LogP contribution in [0.1, 0.15) is 50.0 Å². The first kappa shape index (κ1) is 29.8. The molecule has 10 heteroatoms. The van der Waals surface area contributed by atoms with Crippen LogP contribution in [0, 0.1) is 22.9 Å². The average Bonchev–Trinajstić information content (AvgIpc) is 3.66. The van der Waals surface area contributed by atoms with Gasteiger partial charge >= 0.3 is 0 Å². The van der Waals surface area contributed by atoms with Crippen LogP contribution in [-0.2, 0) is 6.42 Å². The van der Waals surface area contributed by atoms with Crippen molar-refractivity contribution in [2.45, 2.75) is 25.0 Å². The van der Waals surface area contributed by atoms with Crippen molar-refractivity contribution in [1.29, 1.82) is 0 Å². The molecule has 0 N–H and O–H groups in total. The number of fused-ring (bicyclic) bond motifs is 2. The van der Waals surface area contributed by atoms with Gasteiger partial charge in [-0.25, -0.2) is 14.4 Å². The highest BCUT2D eigenvalue weighted by atomic mass is 35.5. The number of nitro groups is 1. The molecule has 2 heterocycles. The van der Waals surface area contributed by atoms with Crippen molar-refractivity contribution in [1.82, 2.24) is 9.88 Å². The first-order valence-electron chi connectivity index (χ1n) is 14.7. The van der Waals surface area contributed by atoms with Gasteiger partial charge in [0, 0.05) is 29.6 Å². The Balaban J connectivity index is 1.35. The van der Waals surface area contributed by atoms with Gasteiger partial charge in [0.2, 0.25) is 0 Å². The first-order chi connectivity index (χ1) is 22.3. The minimum Gasteiger partial charge on any atom is -0.286 e. The second-order valence-corrected chi connectivity index (χ2v) is 12.8. The van der Waals surface area contributed by atoms with E-state index >= 15 is 0 Å². The molecular weight excluding hydrogens is 623 g/mol. The molecule has 1 aromatic heterocycles. The Kier molecular flexibility index (Phi) is 7.88. The van der Waals surface area contributed by atoms with Crippen molar-refractivity contribution < 1.29 is 14.1 Å². The lowest BCUT2D eigenvalue weighted by Gasteiger charge is -2.20. The Morgan fingerprint density at radius 3 is 2.57 bits per heavy atom. The fourth-order valence-corrected chi connectivity index (χ4v) is 7.41. The number of aliphatic imine (C=N–C) groups is 1. The zero-order valence-corrected chi connectivity index (χ0v) is 26.2. The molecule has 5 aromatic rings. The summed E-state index contributed by atoms with van der Waals surface area (Å²) in [6.07, 6.45) is 2.87. The molecule has 228 valence electrons. The summed E-state index contributed by atoms with van der Waals surface area (Å²) in [5.41, 5.74) is 6.38. The molecule has 4 aromatic carbocycles. The van der Waals surface area contributed by atoms with Gasteiger partial charge in [0.1, 0.15) is 5.82 Å². The predicted octanol–water partition coefficient (Wildman–Crippen LogP) is 9.35. The zero-order valence-electron chi connectivity index (χ0n) is 24.6. The van der Waals surface area contributed by atoms with E-state index in [2.05, 4.69) is 0 Å². The molecule has 0 bridgehead atoms. The number of hydrogen-bond acceptors (Lipinski definition) is 6. The number of thioether (sulfide) groups is 1. The summed E-state index contributed by atoms with van der Waals surface area (Å²) in [5.74, 6) is -0.627. The lowest BCUT2D eigenvalue weighted by Crippen LogP contribution is -2.33. The minimum absolute atomic E-state index is 0.00725. The minimum atomic E-state index is -0.426. The highest BCUT2D eigenvalue weighted by Crippen LogP contribution is 2.43. The number of pyridine rings is 1. The number of benzene rings is 4. The molecule has 0 spiro atoms. The van der Waals surface area contributed by atoms with Gasteiger partial charge < -0.3 is 0 Å². The van der Waals surface area contributed by atoms with Crippen LogP contribution in [0.15, 0.2) is 96.0 Å². The van der Waals surface area contributed by atoms with Crippen molar-refractivity contribution >= 4 is 68.4 Å². The van der Waals surface area contributed by atoms with E-state index in [1.807, 2.05) is 55.5 Å². The standard InChI is InChI=1S/C36H26ClFN4O3S/c1-21-7-2-4-11-30(21)40-36-41(20-32(46-36)22-13-16-24(17-14-22)42(44)45)35(43)33-25-8-3-5-12-31(25)39-34-23(15-18-26(33)34)19-27-28(37)9-6-10-29(27)38/h2-14,16-17,19,32H,15,18,20H2,1H3/b23-19+,40-36?. The molecule has 1 atom stereocenters. The van der Waals surface area contributed by atoms with E-state index in [0.29, 0.717) is 51.9 Å². The van der Waals surface area contributed by atoms with Gasteiger partial charge in [-0.05, 0) is 72.4 Å². The maximum atomic E-state index is 14.8. The summed E-state index contributed by atoms with van der Waals surface area (Å²) in [6.45, 7) is 2.29. The summed E-state index contributed by atoms with van der Waals surface area (Å²) >= 11 is 7.82. The van der Waals surface area contributed by atoms with Crippen molar-refractivity contribution in [2.24, 2.45) is 4.99 Å². The summed E-state index contributed by atoms with van der Waals surface area (Å²) in [4.78, 5) is 37.3. The second-order valence-electron chi connectivity index (χ2n) is 11.2. The highest BCUT2D eigenvalue weighted by molar-refractivity contribution is 8.14. The number of amidine groups is 1. The van der Waals surface area contributed by atoms with Gasteiger partial charge in [-0.2, -0.15) is 0 Å². The zero-order chi connectivity index (χ0) is 31.9. The van der Waals surface area contributed by atoms with Crippen LogP contribution in [0.25, 0.3) is 22.6 Å². The number of amides is 1. The Hall–Kier alpha value is -4.86. The molecule has 2 aliphatic rings. The normalized spacial score (nSPS) is 17.6. The second kappa shape index (κ2) is 12.2. The molecule has 1 saturated heterocycles. The topological polar surface area (TPSA) is 88.7 Å². The number of allylic oxidation sites excluding steroid dienone is 1. The number of carbonyl (C=O) groups excluding carboxylic acids is 1. The molecule has 1 aliphatic heterocycles. The molecule has 0 saturated carbocycles. The van der Waals surface area contributed by atoms with Crippen LogP contribution in [0.2, 0.25) is 5.02 Å². The summed E-state index contributed by atoms with van der Waals surface area (Å²) < 4.78 is 14.8. The maximum Gasteiger partial charge on any atom is 0.269 e. The van der Waals surface area contributed by atoms with Gasteiger partial charge in [-0.15, -0.1) is 0 Å². The number of non-ortho nitro benzene ring substituents is 1. The van der Waals surface area contributed by atoms with E-state index in [9.17, 15) is 19.3 Å². The van der Waals surface area contributed by atoms with E-state index in [4.69, 9.17) is 21.6 Å². The SMILES string of the molecule is Cc1ccccc1N=C1SC(c2ccc([N+](=O)[O-])cc2)CN1C(=O)c1c2c(nc3ccccc13)/C(=C/c1c(F)cccc1Cl)CC2. The number of halogens is 2. The Morgan fingerprint density at radius 1 is 1.04 bits per heavy atom. The summed E-state index contributed by atoms with van der Waals surface area (Å²) in [5, 5.41) is 12.7. The predicted molar refractivity (Wildman–Crippen MR) is 182 cm³/mol. The molecule has 46 heavy (non-hydrogen) atoms. The quantitative estimate of drug-likeness (QED) is 0.140. The van der Waals surface area contributed by atoms with Crippen LogP contribution in [0.3, 0.4) is 0 Å². The third-order valence-electron chi connectivity index (χ3n) is 8.35. The number of para-hydroxylation sites is 2. The summed E-state index contributed by atoms with van der Waals surface area (Å²) in [7, 11) is 0. The number of nitro benzene ring substituents is 1. The fourth-order valence-electron chi connectivity index (χ4n) is 5.99. The number of aromatic nitrogens is 1. The lowest BCUT2D eigenvalue weighted by atomic mass is 9.99. The number of aryl methyl sites for hydroxylation is 1. The highest BCUT2D eigenvalue weighted by Gasteiger charge is 2.38. The molecule has 1 fully saturated rings. The number of carbonyl (C=O) groups is 1. The fraction of sp³-hybridized carbons (Fsp3) is 0.139. The van der Waals surface area contributed by atoms with Crippen LogP contribution in [-0.4, -0.2) is 32.4 Å². The maximum absolute atomic E-state index is 14.8. The van der Waals surface area contributed by atoms with E-state index in [1.54, 1.807) is 35.2 Å². The van der Waals surface area contributed by atoms with Gasteiger partial charge in [-0.3, -0.25) is 19.8 Å².